The third-order valence-corrected chi connectivity index (χ3v) is 4.12. The molecule has 0 radical (unpaired) electrons. The summed E-state index contributed by atoms with van der Waals surface area (Å²) in [5, 5.41) is 3.05. The van der Waals surface area contributed by atoms with E-state index in [1.54, 1.807) is 0 Å². The summed E-state index contributed by atoms with van der Waals surface area (Å²) in [6, 6.07) is 0. The van der Waals surface area contributed by atoms with E-state index in [1.807, 2.05) is 20.8 Å². The highest BCUT2D eigenvalue weighted by atomic mass is 16.2. The Morgan fingerprint density at radius 3 is 2.20 bits per heavy atom. The number of hydrogen-bond acceptors (Lipinski definition) is 3. The van der Waals surface area contributed by atoms with E-state index < -0.39 is 11.0 Å². The van der Waals surface area contributed by atoms with Crippen LogP contribution in [0.25, 0.3) is 0 Å². The zero-order valence-electron chi connectivity index (χ0n) is 14.0. The topological polar surface area (TPSA) is 81.1 Å². The smallest absolute Gasteiger partial charge is 0.228 e. The van der Waals surface area contributed by atoms with Crippen LogP contribution in [0.15, 0.2) is 0 Å². The SMILES string of the molecule is CC(C)(N)CC1(C(=O)NCCC[N+](C)(C)C)CC1(C)N. The monoisotopic (exact) mass is 285 g/mol. The Morgan fingerprint density at radius 1 is 1.35 bits per heavy atom. The van der Waals surface area contributed by atoms with E-state index in [2.05, 4.69) is 26.5 Å². The van der Waals surface area contributed by atoms with Crippen molar-refractivity contribution in [1.29, 1.82) is 0 Å². The third kappa shape index (κ3) is 4.43. The van der Waals surface area contributed by atoms with Gasteiger partial charge in [-0.05, 0) is 33.6 Å². The molecule has 2 unspecified atom stereocenters. The fraction of sp³-hybridized carbons (Fsp3) is 0.933. The molecule has 1 aliphatic carbocycles. The highest BCUT2D eigenvalue weighted by molar-refractivity contribution is 5.88. The molecular weight excluding hydrogens is 252 g/mol. The number of quaternary nitrogens is 1. The molecule has 0 saturated heterocycles. The number of hydrogen-bond donors (Lipinski definition) is 3. The number of nitrogens with one attached hydrogen (secondary N) is 1. The molecule has 1 saturated carbocycles. The first kappa shape index (κ1) is 17.4. The van der Waals surface area contributed by atoms with Crippen LogP contribution in [0.3, 0.4) is 0 Å². The van der Waals surface area contributed by atoms with Gasteiger partial charge in [-0.25, -0.2) is 0 Å². The van der Waals surface area contributed by atoms with Gasteiger partial charge in [-0.3, -0.25) is 4.79 Å². The van der Waals surface area contributed by atoms with Crippen molar-refractivity contribution in [2.75, 3.05) is 34.2 Å². The fourth-order valence-electron chi connectivity index (χ4n) is 2.97. The molecule has 5 N–H and O–H groups in total. The minimum Gasteiger partial charge on any atom is -0.355 e. The van der Waals surface area contributed by atoms with Crippen molar-refractivity contribution in [2.45, 2.75) is 51.1 Å². The fourth-order valence-corrected chi connectivity index (χ4v) is 2.97. The van der Waals surface area contributed by atoms with Crippen molar-refractivity contribution in [2.24, 2.45) is 16.9 Å². The molecule has 5 nitrogen and oxygen atoms in total. The summed E-state index contributed by atoms with van der Waals surface area (Å²) in [6.07, 6.45) is 2.33. The van der Waals surface area contributed by atoms with E-state index >= 15 is 0 Å². The van der Waals surface area contributed by atoms with E-state index in [1.165, 1.54) is 0 Å². The molecule has 2 atom stereocenters. The van der Waals surface area contributed by atoms with Crippen LogP contribution in [0, 0.1) is 5.41 Å². The molecule has 0 bridgehead atoms. The molecule has 0 aromatic heterocycles. The van der Waals surface area contributed by atoms with Crippen LogP contribution < -0.4 is 16.8 Å². The number of rotatable bonds is 7. The van der Waals surface area contributed by atoms with Gasteiger partial charge in [0, 0.05) is 24.0 Å². The molecule has 20 heavy (non-hydrogen) atoms. The highest BCUT2D eigenvalue weighted by Crippen LogP contribution is 2.58. The third-order valence-electron chi connectivity index (χ3n) is 4.12. The van der Waals surface area contributed by atoms with E-state index in [0.29, 0.717) is 13.0 Å². The molecule has 1 aliphatic rings. The van der Waals surface area contributed by atoms with Gasteiger partial charge in [0.2, 0.25) is 5.91 Å². The molecule has 1 rings (SSSR count). The standard InChI is InChI=1S/C15H32N4O/c1-13(2,16)10-15(11-14(15,3)17)12(20)18-8-7-9-19(4,5)6/h7-11,16-17H2,1-6H3/p+1. The Morgan fingerprint density at radius 2 is 1.85 bits per heavy atom. The molecule has 5 heteroatoms. The molecule has 0 aromatic rings. The van der Waals surface area contributed by atoms with Crippen LogP contribution in [-0.2, 0) is 4.79 Å². The average molecular weight is 285 g/mol. The van der Waals surface area contributed by atoms with Gasteiger partial charge in [-0.15, -0.1) is 0 Å². The van der Waals surface area contributed by atoms with Gasteiger partial charge in [-0.2, -0.15) is 0 Å². The van der Waals surface area contributed by atoms with Crippen LogP contribution in [0.1, 0.15) is 40.0 Å². The largest absolute Gasteiger partial charge is 0.355 e. The lowest BCUT2D eigenvalue weighted by Gasteiger charge is -2.28. The number of carbonyl (C=O) groups excluding carboxylic acids is 1. The van der Waals surface area contributed by atoms with Crippen LogP contribution in [0.2, 0.25) is 0 Å². The summed E-state index contributed by atoms with van der Waals surface area (Å²) in [4.78, 5) is 12.5. The lowest BCUT2D eigenvalue weighted by molar-refractivity contribution is -0.870. The second-order valence-corrected chi connectivity index (χ2v) is 8.47. The molecule has 0 heterocycles. The minimum atomic E-state index is -0.484. The molecular formula is C15H33N4O+. The van der Waals surface area contributed by atoms with E-state index in [4.69, 9.17) is 11.5 Å². The second kappa shape index (κ2) is 5.28. The van der Waals surface area contributed by atoms with Crippen LogP contribution >= 0.6 is 0 Å². The summed E-state index contributed by atoms with van der Waals surface area (Å²) in [5.74, 6) is 0.0717. The first-order valence-electron chi connectivity index (χ1n) is 7.46. The summed E-state index contributed by atoms with van der Waals surface area (Å²) in [6.45, 7) is 7.60. The van der Waals surface area contributed by atoms with Gasteiger partial charge in [0.05, 0.1) is 33.1 Å². The molecule has 1 fully saturated rings. The number of carbonyl (C=O) groups is 1. The van der Waals surface area contributed by atoms with Crippen LogP contribution in [0.4, 0.5) is 0 Å². The van der Waals surface area contributed by atoms with Gasteiger partial charge in [0.25, 0.3) is 0 Å². The zero-order chi connectivity index (χ0) is 15.8. The molecule has 1 amide bonds. The maximum atomic E-state index is 12.5. The second-order valence-electron chi connectivity index (χ2n) is 8.47. The Balaban J connectivity index is 2.52. The maximum Gasteiger partial charge on any atom is 0.228 e. The van der Waals surface area contributed by atoms with Crippen molar-refractivity contribution in [3.05, 3.63) is 0 Å². The van der Waals surface area contributed by atoms with Gasteiger partial charge in [0.15, 0.2) is 0 Å². The summed E-state index contributed by atoms with van der Waals surface area (Å²) >= 11 is 0. The average Bonchev–Trinajstić information content (AvgIpc) is 2.71. The van der Waals surface area contributed by atoms with Crippen LogP contribution in [0.5, 0.6) is 0 Å². The Labute approximate surface area is 123 Å². The summed E-state index contributed by atoms with van der Waals surface area (Å²) in [7, 11) is 6.45. The molecule has 0 aliphatic heterocycles. The highest BCUT2D eigenvalue weighted by Gasteiger charge is 2.67. The normalized spacial score (nSPS) is 30.2. The number of amides is 1. The summed E-state index contributed by atoms with van der Waals surface area (Å²) < 4.78 is 0.908. The Hall–Kier alpha value is -0.650. The van der Waals surface area contributed by atoms with E-state index in [0.717, 1.165) is 23.9 Å². The minimum absolute atomic E-state index is 0.0717. The maximum absolute atomic E-state index is 12.5. The predicted molar refractivity (Wildman–Crippen MR) is 83.1 cm³/mol. The molecule has 118 valence electrons. The lowest BCUT2D eigenvalue weighted by Crippen LogP contribution is -2.47. The van der Waals surface area contributed by atoms with Crippen molar-refractivity contribution in [1.82, 2.24) is 5.32 Å². The Kier molecular flexibility index (Phi) is 4.59. The van der Waals surface area contributed by atoms with Gasteiger partial charge < -0.3 is 21.3 Å². The summed E-state index contributed by atoms with van der Waals surface area (Å²) in [5.41, 5.74) is 11.0. The number of nitrogens with two attached hydrogens (primary N) is 2. The van der Waals surface area contributed by atoms with Crippen molar-refractivity contribution in [3.8, 4) is 0 Å². The number of nitrogens with zero attached hydrogens (tertiary/aromatic N) is 1. The van der Waals surface area contributed by atoms with Crippen molar-refractivity contribution < 1.29 is 9.28 Å². The van der Waals surface area contributed by atoms with Crippen molar-refractivity contribution >= 4 is 5.91 Å². The quantitative estimate of drug-likeness (QED) is 0.469. The van der Waals surface area contributed by atoms with Crippen LogP contribution in [-0.4, -0.2) is 55.7 Å². The van der Waals surface area contributed by atoms with E-state index in [9.17, 15) is 4.79 Å². The van der Waals surface area contributed by atoms with Crippen molar-refractivity contribution in [3.63, 3.8) is 0 Å². The zero-order valence-corrected chi connectivity index (χ0v) is 14.0. The van der Waals surface area contributed by atoms with E-state index in [-0.39, 0.29) is 11.4 Å². The first-order chi connectivity index (χ1) is 8.79. The Bertz CT molecular complexity index is 365. The predicted octanol–water partition coefficient (Wildman–Crippen LogP) is 0.434. The van der Waals surface area contributed by atoms with Gasteiger partial charge in [0.1, 0.15) is 0 Å². The molecule has 0 aromatic carbocycles. The molecule has 0 spiro atoms. The first-order valence-corrected chi connectivity index (χ1v) is 7.46. The lowest BCUT2D eigenvalue weighted by atomic mass is 9.85. The van der Waals surface area contributed by atoms with Gasteiger partial charge >= 0.3 is 0 Å². The van der Waals surface area contributed by atoms with Gasteiger partial charge in [-0.1, -0.05) is 0 Å².